The van der Waals surface area contributed by atoms with Crippen molar-refractivity contribution in [3.05, 3.63) is 0 Å². The zero-order valence-electron chi connectivity index (χ0n) is 12.5. The van der Waals surface area contributed by atoms with E-state index in [1.54, 1.807) is 0 Å². The van der Waals surface area contributed by atoms with Crippen molar-refractivity contribution in [3.63, 3.8) is 0 Å². The minimum atomic E-state index is -1.06. The largest absolute Gasteiger partial charge is 0.481 e. The van der Waals surface area contributed by atoms with Crippen LogP contribution in [0.5, 0.6) is 0 Å². The molecule has 0 saturated heterocycles. The van der Waals surface area contributed by atoms with E-state index in [1.807, 2.05) is 0 Å². The lowest BCUT2D eigenvalue weighted by atomic mass is 9.76. The molecule has 4 nitrogen and oxygen atoms in total. The highest BCUT2D eigenvalue weighted by Crippen LogP contribution is 2.36. The van der Waals surface area contributed by atoms with Gasteiger partial charge in [0.15, 0.2) is 0 Å². The van der Waals surface area contributed by atoms with Gasteiger partial charge in [-0.1, -0.05) is 27.2 Å². The van der Waals surface area contributed by atoms with Crippen molar-refractivity contribution < 1.29 is 14.7 Å². The molecule has 110 valence electrons. The number of nitrogens with one attached hydrogen (secondary N) is 1. The first-order chi connectivity index (χ1) is 8.71. The summed E-state index contributed by atoms with van der Waals surface area (Å²) in [6, 6.07) is 0.140. The first kappa shape index (κ1) is 16.0. The lowest BCUT2D eigenvalue weighted by Gasteiger charge is -2.29. The topological polar surface area (TPSA) is 66.4 Å². The summed E-state index contributed by atoms with van der Waals surface area (Å²) in [4.78, 5) is 22.5. The highest BCUT2D eigenvalue weighted by atomic mass is 16.4. The van der Waals surface area contributed by atoms with Gasteiger partial charge in [-0.15, -0.1) is 0 Å². The number of rotatable bonds is 3. The molecule has 0 aliphatic heterocycles. The Morgan fingerprint density at radius 1 is 1.16 bits per heavy atom. The third-order valence-corrected chi connectivity index (χ3v) is 4.30. The number of carbonyl (C=O) groups excluding carboxylic acids is 1. The number of hydrogen-bond donors (Lipinski definition) is 2. The fraction of sp³-hybridized carbons (Fsp3) is 0.867. The SMILES string of the molecule is CC(C(=O)O)C(=O)NC1CCCC(C(C)(C)C)CC1. The molecule has 3 unspecified atom stereocenters. The van der Waals surface area contributed by atoms with Crippen molar-refractivity contribution in [1.29, 1.82) is 0 Å². The lowest BCUT2D eigenvalue weighted by Crippen LogP contribution is -2.40. The van der Waals surface area contributed by atoms with E-state index in [9.17, 15) is 9.59 Å². The van der Waals surface area contributed by atoms with Gasteiger partial charge < -0.3 is 10.4 Å². The van der Waals surface area contributed by atoms with E-state index in [2.05, 4.69) is 26.1 Å². The zero-order valence-corrected chi connectivity index (χ0v) is 12.5. The van der Waals surface area contributed by atoms with Crippen LogP contribution in [0.1, 0.15) is 59.8 Å². The van der Waals surface area contributed by atoms with Crippen LogP contribution in [0.3, 0.4) is 0 Å². The number of amides is 1. The molecule has 1 saturated carbocycles. The Morgan fingerprint density at radius 3 is 2.32 bits per heavy atom. The van der Waals surface area contributed by atoms with Gasteiger partial charge >= 0.3 is 5.97 Å². The van der Waals surface area contributed by atoms with E-state index in [-0.39, 0.29) is 11.9 Å². The summed E-state index contributed by atoms with van der Waals surface area (Å²) < 4.78 is 0. The molecule has 1 amide bonds. The summed E-state index contributed by atoms with van der Waals surface area (Å²) in [5, 5.41) is 11.7. The van der Waals surface area contributed by atoms with E-state index < -0.39 is 11.9 Å². The molecule has 0 bridgehead atoms. The van der Waals surface area contributed by atoms with Crippen LogP contribution in [0.4, 0.5) is 0 Å². The molecule has 1 aliphatic rings. The standard InChI is InChI=1S/C15H27NO3/c1-10(14(18)19)13(17)16-12-7-5-6-11(8-9-12)15(2,3)4/h10-12H,5-9H2,1-4H3,(H,16,17)(H,18,19). The smallest absolute Gasteiger partial charge is 0.315 e. The molecule has 4 heteroatoms. The molecule has 1 fully saturated rings. The maximum absolute atomic E-state index is 11.8. The van der Waals surface area contributed by atoms with Crippen LogP contribution < -0.4 is 5.32 Å². The predicted octanol–water partition coefficient (Wildman–Crippen LogP) is 2.82. The third kappa shape index (κ3) is 4.84. The van der Waals surface area contributed by atoms with E-state index in [1.165, 1.54) is 13.3 Å². The Morgan fingerprint density at radius 2 is 1.79 bits per heavy atom. The predicted molar refractivity (Wildman–Crippen MR) is 74.8 cm³/mol. The summed E-state index contributed by atoms with van der Waals surface area (Å²) in [5.41, 5.74) is 0.313. The molecule has 0 aromatic heterocycles. The van der Waals surface area contributed by atoms with Gasteiger partial charge in [-0.05, 0) is 43.9 Å². The molecule has 0 aromatic rings. The number of aliphatic carboxylic acids is 1. The van der Waals surface area contributed by atoms with Gasteiger partial charge in [0, 0.05) is 6.04 Å². The molecule has 2 N–H and O–H groups in total. The first-order valence-electron chi connectivity index (χ1n) is 7.25. The Labute approximate surface area is 116 Å². The van der Waals surface area contributed by atoms with Crippen LogP contribution in [-0.2, 0) is 9.59 Å². The molecule has 0 radical (unpaired) electrons. The summed E-state index contributed by atoms with van der Waals surface area (Å²) in [5.74, 6) is -1.68. The van der Waals surface area contributed by atoms with E-state index in [4.69, 9.17) is 5.11 Å². The lowest BCUT2D eigenvalue weighted by molar-refractivity contribution is -0.146. The van der Waals surface area contributed by atoms with Crippen molar-refractivity contribution in [2.24, 2.45) is 17.3 Å². The van der Waals surface area contributed by atoms with Crippen molar-refractivity contribution in [1.82, 2.24) is 5.32 Å². The molecule has 0 spiro atoms. The molecule has 0 heterocycles. The quantitative estimate of drug-likeness (QED) is 0.611. The maximum Gasteiger partial charge on any atom is 0.315 e. The molecule has 1 aliphatic carbocycles. The van der Waals surface area contributed by atoms with Crippen LogP contribution in [0.25, 0.3) is 0 Å². The summed E-state index contributed by atoms with van der Waals surface area (Å²) in [6.07, 6.45) is 5.33. The Kier molecular flexibility index (Phi) is 5.39. The molecule has 0 aromatic carbocycles. The molecule has 19 heavy (non-hydrogen) atoms. The average molecular weight is 269 g/mol. The Hall–Kier alpha value is -1.06. The zero-order chi connectivity index (χ0) is 14.6. The van der Waals surface area contributed by atoms with Gasteiger partial charge in [-0.3, -0.25) is 9.59 Å². The molecular formula is C15H27NO3. The normalized spacial score (nSPS) is 26.3. The Bertz CT molecular complexity index is 333. The molecule has 3 atom stereocenters. The molecular weight excluding hydrogens is 242 g/mol. The van der Waals surface area contributed by atoms with Crippen LogP contribution in [-0.4, -0.2) is 23.0 Å². The third-order valence-electron chi connectivity index (χ3n) is 4.30. The second-order valence-electron chi connectivity index (χ2n) is 6.84. The van der Waals surface area contributed by atoms with Crippen LogP contribution >= 0.6 is 0 Å². The maximum atomic E-state index is 11.8. The minimum absolute atomic E-state index is 0.140. The van der Waals surface area contributed by atoms with E-state index in [0.29, 0.717) is 11.3 Å². The fourth-order valence-corrected chi connectivity index (χ4v) is 2.75. The summed E-state index contributed by atoms with van der Waals surface area (Å²) in [6.45, 7) is 8.24. The number of hydrogen-bond acceptors (Lipinski definition) is 2. The highest BCUT2D eigenvalue weighted by molar-refractivity contribution is 5.96. The summed E-state index contributed by atoms with van der Waals surface area (Å²) >= 11 is 0. The van der Waals surface area contributed by atoms with Crippen molar-refractivity contribution in [2.75, 3.05) is 0 Å². The van der Waals surface area contributed by atoms with Gasteiger partial charge in [0.25, 0.3) is 0 Å². The Balaban J connectivity index is 2.50. The highest BCUT2D eigenvalue weighted by Gasteiger charge is 2.29. The van der Waals surface area contributed by atoms with Gasteiger partial charge in [-0.25, -0.2) is 0 Å². The van der Waals surface area contributed by atoms with Crippen molar-refractivity contribution in [3.8, 4) is 0 Å². The summed E-state index contributed by atoms with van der Waals surface area (Å²) in [7, 11) is 0. The van der Waals surface area contributed by atoms with Crippen molar-refractivity contribution >= 4 is 11.9 Å². The van der Waals surface area contributed by atoms with Crippen LogP contribution in [0, 0.1) is 17.3 Å². The minimum Gasteiger partial charge on any atom is -0.481 e. The molecule has 1 rings (SSSR count). The van der Waals surface area contributed by atoms with Crippen molar-refractivity contribution in [2.45, 2.75) is 65.8 Å². The van der Waals surface area contributed by atoms with E-state index in [0.717, 1.165) is 25.7 Å². The van der Waals surface area contributed by atoms with Crippen LogP contribution in [0.2, 0.25) is 0 Å². The second kappa shape index (κ2) is 6.40. The van der Waals surface area contributed by atoms with Gasteiger partial charge in [0.05, 0.1) is 0 Å². The number of carbonyl (C=O) groups is 2. The average Bonchev–Trinajstić information content (AvgIpc) is 2.52. The van der Waals surface area contributed by atoms with E-state index >= 15 is 0 Å². The monoisotopic (exact) mass is 269 g/mol. The van der Waals surface area contributed by atoms with Crippen LogP contribution in [0.15, 0.2) is 0 Å². The fourth-order valence-electron chi connectivity index (χ4n) is 2.75. The van der Waals surface area contributed by atoms with Gasteiger partial charge in [0.1, 0.15) is 5.92 Å². The number of carboxylic acid groups (broad SMARTS) is 1. The second-order valence-corrected chi connectivity index (χ2v) is 6.84. The first-order valence-corrected chi connectivity index (χ1v) is 7.25. The van der Waals surface area contributed by atoms with Gasteiger partial charge in [-0.2, -0.15) is 0 Å². The van der Waals surface area contributed by atoms with Gasteiger partial charge in [0.2, 0.25) is 5.91 Å². The number of carboxylic acids is 1.